The molecule has 0 radical (unpaired) electrons. The lowest BCUT2D eigenvalue weighted by Crippen LogP contribution is -2.51. The second kappa shape index (κ2) is 2.54. The van der Waals surface area contributed by atoms with E-state index in [1.54, 1.807) is 0 Å². The van der Waals surface area contributed by atoms with Crippen LogP contribution in [0.5, 0.6) is 0 Å². The van der Waals surface area contributed by atoms with Crippen LogP contribution in [0.4, 0.5) is 0 Å². The van der Waals surface area contributed by atoms with Crippen LogP contribution in [0.2, 0.25) is 0 Å². The molecule has 3 nitrogen and oxygen atoms in total. The number of hydrogen-bond donors (Lipinski definition) is 0. The summed E-state index contributed by atoms with van der Waals surface area (Å²) < 4.78 is 5.46. The van der Waals surface area contributed by atoms with Gasteiger partial charge in [-0.1, -0.05) is 0 Å². The highest BCUT2D eigenvalue weighted by Gasteiger charge is 2.45. The molecule has 2 heterocycles. The molecule has 2 saturated heterocycles. The number of morpholine rings is 1. The van der Waals surface area contributed by atoms with Crippen LogP contribution < -0.4 is 0 Å². The predicted molar refractivity (Wildman–Crippen MR) is 45.0 cm³/mol. The SMILES string of the molecule is CC(C)(C=O)N1CC2CC1CO2. The van der Waals surface area contributed by atoms with Crippen LogP contribution in [0.1, 0.15) is 20.3 Å². The lowest BCUT2D eigenvalue weighted by atomic mass is 10.0. The first kappa shape index (κ1) is 8.20. The van der Waals surface area contributed by atoms with Crippen molar-refractivity contribution in [2.24, 2.45) is 0 Å². The summed E-state index contributed by atoms with van der Waals surface area (Å²) in [5, 5.41) is 0. The molecule has 0 aromatic carbocycles. The van der Waals surface area contributed by atoms with Crippen molar-refractivity contribution in [1.29, 1.82) is 0 Å². The van der Waals surface area contributed by atoms with Gasteiger partial charge in [0.05, 0.1) is 18.2 Å². The minimum Gasteiger partial charge on any atom is -0.375 e. The van der Waals surface area contributed by atoms with Crippen molar-refractivity contribution in [3.63, 3.8) is 0 Å². The van der Waals surface area contributed by atoms with Gasteiger partial charge in [0.2, 0.25) is 0 Å². The minimum absolute atomic E-state index is 0.302. The Kier molecular flexibility index (Phi) is 1.73. The lowest BCUT2D eigenvalue weighted by molar-refractivity contribution is -0.119. The number of carbonyl (C=O) groups excluding carboxylic acids is 1. The number of nitrogens with zero attached hydrogens (tertiary/aromatic N) is 1. The summed E-state index contributed by atoms with van der Waals surface area (Å²) >= 11 is 0. The second-order valence-corrected chi connectivity index (χ2v) is 4.27. The Balaban J connectivity index is 2.11. The molecule has 2 rings (SSSR count). The molecule has 0 N–H and O–H groups in total. The Labute approximate surface area is 72.7 Å². The number of ether oxygens (including phenoxy) is 1. The third-order valence-electron chi connectivity index (χ3n) is 2.93. The summed E-state index contributed by atoms with van der Waals surface area (Å²) in [6.45, 7) is 5.68. The molecule has 2 aliphatic heterocycles. The maximum atomic E-state index is 10.8. The van der Waals surface area contributed by atoms with Gasteiger partial charge in [-0.25, -0.2) is 0 Å². The Morgan fingerprint density at radius 1 is 1.58 bits per heavy atom. The molecule has 3 heteroatoms. The zero-order valence-electron chi connectivity index (χ0n) is 7.62. The van der Waals surface area contributed by atoms with E-state index >= 15 is 0 Å². The Hall–Kier alpha value is -0.410. The molecule has 0 amide bonds. The van der Waals surface area contributed by atoms with Crippen molar-refractivity contribution in [1.82, 2.24) is 4.90 Å². The zero-order valence-corrected chi connectivity index (χ0v) is 7.62. The molecule has 2 unspecified atom stereocenters. The number of likely N-dealkylation sites (tertiary alicyclic amines) is 1. The number of aldehydes is 1. The monoisotopic (exact) mass is 169 g/mol. The molecule has 68 valence electrons. The highest BCUT2D eigenvalue weighted by molar-refractivity contribution is 5.63. The molecule has 0 aromatic heterocycles. The van der Waals surface area contributed by atoms with Crippen LogP contribution in [-0.2, 0) is 9.53 Å². The van der Waals surface area contributed by atoms with Crippen molar-refractivity contribution >= 4 is 6.29 Å². The van der Waals surface area contributed by atoms with Crippen molar-refractivity contribution in [2.75, 3.05) is 13.2 Å². The fraction of sp³-hybridized carbons (Fsp3) is 0.889. The lowest BCUT2D eigenvalue weighted by Gasteiger charge is -2.36. The van der Waals surface area contributed by atoms with Crippen molar-refractivity contribution in [2.45, 2.75) is 38.0 Å². The average Bonchev–Trinajstić information content (AvgIpc) is 2.64. The van der Waals surface area contributed by atoms with E-state index in [1.807, 2.05) is 13.8 Å². The largest absolute Gasteiger partial charge is 0.375 e. The molecular formula is C9H15NO2. The van der Waals surface area contributed by atoms with E-state index in [0.29, 0.717) is 12.1 Å². The van der Waals surface area contributed by atoms with E-state index < -0.39 is 0 Å². The summed E-state index contributed by atoms with van der Waals surface area (Å²) in [5.41, 5.74) is -0.302. The van der Waals surface area contributed by atoms with E-state index in [2.05, 4.69) is 4.90 Å². The van der Waals surface area contributed by atoms with Gasteiger partial charge >= 0.3 is 0 Å². The molecule has 2 fully saturated rings. The first-order valence-electron chi connectivity index (χ1n) is 4.48. The Morgan fingerprint density at radius 2 is 2.33 bits per heavy atom. The maximum absolute atomic E-state index is 10.8. The highest BCUT2D eigenvalue weighted by Crippen LogP contribution is 2.32. The minimum atomic E-state index is -0.302. The van der Waals surface area contributed by atoms with E-state index in [4.69, 9.17) is 4.74 Å². The Bertz CT molecular complexity index is 203. The first-order valence-corrected chi connectivity index (χ1v) is 4.48. The molecule has 2 bridgehead atoms. The molecule has 12 heavy (non-hydrogen) atoms. The van der Waals surface area contributed by atoms with Gasteiger partial charge < -0.3 is 9.53 Å². The van der Waals surface area contributed by atoms with E-state index in [0.717, 1.165) is 25.9 Å². The third kappa shape index (κ3) is 1.08. The van der Waals surface area contributed by atoms with Crippen molar-refractivity contribution < 1.29 is 9.53 Å². The molecule has 0 aromatic rings. The highest BCUT2D eigenvalue weighted by atomic mass is 16.5. The average molecular weight is 169 g/mol. The summed E-state index contributed by atoms with van der Waals surface area (Å²) in [7, 11) is 0. The number of fused-ring (bicyclic) bond motifs is 2. The normalized spacial score (nSPS) is 35.8. The number of carbonyl (C=O) groups is 1. The van der Waals surface area contributed by atoms with Gasteiger partial charge in [0.1, 0.15) is 6.29 Å². The number of hydrogen-bond acceptors (Lipinski definition) is 3. The van der Waals surface area contributed by atoms with Gasteiger partial charge in [0, 0.05) is 12.6 Å². The summed E-state index contributed by atoms with van der Waals surface area (Å²) in [6, 6.07) is 0.482. The van der Waals surface area contributed by atoms with Gasteiger partial charge in [-0.05, 0) is 20.3 Å². The standard InChI is InChI=1S/C9H15NO2/c1-9(2,6-11)10-4-8-3-7(10)5-12-8/h6-8H,3-5H2,1-2H3. The predicted octanol–water partition coefficient (Wildman–Crippen LogP) is 0.437. The fourth-order valence-corrected chi connectivity index (χ4v) is 2.17. The molecule has 0 saturated carbocycles. The topological polar surface area (TPSA) is 29.5 Å². The van der Waals surface area contributed by atoms with Crippen LogP contribution in [0.3, 0.4) is 0 Å². The van der Waals surface area contributed by atoms with Gasteiger partial charge in [0.15, 0.2) is 0 Å². The quantitative estimate of drug-likeness (QED) is 0.562. The van der Waals surface area contributed by atoms with Crippen molar-refractivity contribution in [3.8, 4) is 0 Å². The van der Waals surface area contributed by atoms with Crippen LogP contribution >= 0.6 is 0 Å². The fourth-order valence-electron chi connectivity index (χ4n) is 2.17. The number of rotatable bonds is 2. The van der Waals surface area contributed by atoms with Crippen LogP contribution in [0.25, 0.3) is 0 Å². The molecule has 2 atom stereocenters. The third-order valence-corrected chi connectivity index (χ3v) is 2.93. The van der Waals surface area contributed by atoms with Crippen LogP contribution in [0, 0.1) is 0 Å². The van der Waals surface area contributed by atoms with Crippen LogP contribution in [-0.4, -0.2) is 42.0 Å². The first-order chi connectivity index (χ1) is 5.63. The van der Waals surface area contributed by atoms with Gasteiger partial charge in [-0.3, -0.25) is 4.90 Å². The van der Waals surface area contributed by atoms with Gasteiger partial charge in [-0.15, -0.1) is 0 Å². The van der Waals surface area contributed by atoms with E-state index in [9.17, 15) is 4.79 Å². The molecule has 0 aliphatic carbocycles. The molecular weight excluding hydrogens is 154 g/mol. The summed E-state index contributed by atoms with van der Waals surface area (Å²) in [6.07, 6.45) is 2.53. The van der Waals surface area contributed by atoms with Gasteiger partial charge in [-0.2, -0.15) is 0 Å². The molecule has 0 spiro atoms. The maximum Gasteiger partial charge on any atom is 0.139 e. The van der Waals surface area contributed by atoms with Crippen molar-refractivity contribution in [3.05, 3.63) is 0 Å². The Morgan fingerprint density at radius 3 is 2.75 bits per heavy atom. The smallest absolute Gasteiger partial charge is 0.139 e. The zero-order chi connectivity index (χ0) is 8.77. The summed E-state index contributed by atoms with van der Waals surface area (Å²) in [5.74, 6) is 0. The van der Waals surface area contributed by atoms with Crippen LogP contribution in [0.15, 0.2) is 0 Å². The second-order valence-electron chi connectivity index (χ2n) is 4.27. The van der Waals surface area contributed by atoms with E-state index in [-0.39, 0.29) is 5.54 Å². The van der Waals surface area contributed by atoms with Gasteiger partial charge in [0.25, 0.3) is 0 Å². The van der Waals surface area contributed by atoms with E-state index in [1.165, 1.54) is 0 Å². The summed E-state index contributed by atoms with van der Waals surface area (Å²) in [4.78, 5) is 13.1. The molecule has 2 aliphatic rings.